The van der Waals surface area contributed by atoms with E-state index >= 15 is 0 Å². The maximum absolute atomic E-state index is 5.69. The van der Waals surface area contributed by atoms with Crippen LogP contribution < -0.4 is 0 Å². The number of fused-ring (bicyclic) bond motifs is 1. The summed E-state index contributed by atoms with van der Waals surface area (Å²) >= 11 is 0. The highest BCUT2D eigenvalue weighted by Crippen LogP contribution is 2.37. The molecule has 130 valence electrons. The minimum absolute atomic E-state index is 0.152. The molecule has 1 aromatic heterocycles. The maximum Gasteiger partial charge on any atom is 0.177 e. The summed E-state index contributed by atoms with van der Waals surface area (Å²) in [5, 5.41) is 4.38. The highest BCUT2D eigenvalue weighted by Gasteiger charge is 2.33. The van der Waals surface area contributed by atoms with Crippen LogP contribution in [0.1, 0.15) is 56.4 Å². The lowest BCUT2D eigenvalue weighted by atomic mass is 9.75. The van der Waals surface area contributed by atoms with Crippen molar-refractivity contribution in [2.24, 2.45) is 10.6 Å². The fourth-order valence-corrected chi connectivity index (χ4v) is 3.61. The fourth-order valence-electron chi connectivity index (χ4n) is 3.61. The predicted octanol–water partition coefficient (Wildman–Crippen LogP) is 3.77. The third-order valence-electron chi connectivity index (χ3n) is 4.81. The van der Waals surface area contributed by atoms with Crippen molar-refractivity contribution in [1.82, 2.24) is 4.90 Å². The molecule has 0 saturated carbocycles. The van der Waals surface area contributed by atoms with Crippen LogP contribution in [0.5, 0.6) is 0 Å². The van der Waals surface area contributed by atoms with Gasteiger partial charge in [0.1, 0.15) is 5.76 Å². The van der Waals surface area contributed by atoms with Crippen LogP contribution in [0.4, 0.5) is 0 Å². The molecule has 0 unspecified atom stereocenters. The number of hydrogen-bond acceptors (Lipinski definition) is 4. The molecule has 24 heavy (non-hydrogen) atoms. The molecule has 0 radical (unpaired) electrons. The number of oxime groups is 1. The van der Waals surface area contributed by atoms with E-state index in [-0.39, 0.29) is 5.41 Å². The van der Waals surface area contributed by atoms with Gasteiger partial charge in [0.05, 0.1) is 18.5 Å². The molecule has 0 amide bonds. The van der Waals surface area contributed by atoms with E-state index in [4.69, 9.17) is 9.25 Å². The molecule has 2 heterocycles. The number of furan rings is 1. The Morgan fingerprint density at radius 2 is 2.00 bits per heavy atom. The van der Waals surface area contributed by atoms with Crippen molar-refractivity contribution in [2.75, 3.05) is 26.2 Å². The molecule has 0 aromatic carbocycles. The van der Waals surface area contributed by atoms with E-state index in [1.54, 1.807) is 0 Å². The molecule has 0 atom stereocenters. The largest absolute Gasteiger partial charge is 0.468 e. The van der Waals surface area contributed by atoms with Gasteiger partial charge in [-0.25, -0.2) is 0 Å². The van der Waals surface area contributed by atoms with Gasteiger partial charge in [-0.15, -0.1) is 0 Å². The minimum atomic E-state index is 0.152. The van der Waals surface area contributed by atoms with Crippen LogP contribution in [-0.4, -0.2) is 36.9 Å². The number of nitrogens with zero attached hydrogens (tertiary/aromatic N) is 2. The first-order valence-electron chi connectivity index (χ1n) is 8.99. The average molecular weight is 328 g/mol. The second-order valence-corrected chi connectivity index (χ2v) is 7.74. The quantitative estimate of drug-likeness (QED) is 0.481. The topological polar surface area (TPSA) is 38.0 Å². The molecular weight excluding hydrogens is 300 g/mol. The number of piperidine rings is 1. The molecule has 3 rings (SSSR count). The zero-order valence-corrected chi connectivity index (χ0v) is 15.2. The smallest absolute Gasteiger partial charge is 0.177 e. The Hall–Kier alpha value is -1.73. The van der Waals surface area contributed by atoms with Crippen molar-refractivity contribution in [3.8, 4) is 11.8 Å². The van der Waals surface area contributed by atoms with E-state index in [0.717, 1.165) is 42.0 Å². The minimum Gasteiger partial charge on any atom is -0.468 e. The first kappa shape index (κ1) is 17.1. The lowest BCUT2D eigenvalue weighted by molar-refractivity contribution is 0.176. The summed E-state index contributed by atoms with van der Waals surface area (Å²) in [5.74, 6) is 7.31. The van der Waals surface area contributed by atoms with Crippen molar-refractivity contribution < 1.29 is 9.25 Å². The second kappa shape index (κ2) is 7.44. The summed E-state index contributed by atoms with van der Waals surface area (Å²) in [6, 6.07) is 0. The molecule has 2 aliphatic rings. The van der Waals surface area contributed by atoms with Gasteiger partial charge in [0.25, 0.3) is 0 Å². The number of rotatable bonds is 3. The van der Waals surface area contributed by atoms with Gasteiger partial charge in [-0.2, -0.15) is 0 Å². The molecule has 0 spiro atoms. The van der Waals surface area contributed by atoms with Crippen LogP contribution in [0.15, 0.2) is 15.8 Å². The summed E-state index contributed by atoms with van der Waals surface area (Å²) in [5.41, 5.74) is 3.42. The van der Waals surface area contributed by atoms with Gasteiger partial charge in [-0.1, -0.05) is 37.3 Å². The average Bonchev–Trinajstić information content (AvgIpc) is 2.91. The lowest BCUT2D eigenvalue weighted by Gasteiger charge is -2.29. The zero-order valence-electron chi connectivity index (χ0n) is 15.2. The highest BCUT2D eigenvalue weighted by atomic mass is 16.6. The van der Waals surface area contributed by atoms with Crippen molar-refractivity contribution in [3.63, 3.8) is 0 Å². The van der Waals surface area contributed by atoms with Crippen molar-refractivity contribution in [1.29, 1.82) is 0 Å². The zero-order chi connectivity index (χ0) is 17.0. The van der Waals surface area contributed by atoms with E-state index in [1.807, 2.05) is 6.26 Å². The summed E-state index contributed by atoms with van der Waals surface area (Å²) in [7, 11) is 0. The van der Waals surface area contributed by atoms with Crippen LogP contribution in [0.25, 0.3) is 0 Å². The third kappa shape index (κ3) is 4.21. The fraction of sp³-hybridized carbons (Fsp3) is 0.650. The molecule has 1 aromatic rings. The molecule has 4 heteroatoms. The van der Waals surface area contributed by atoms with Crippen LogP contribution in [0.2, 0.25) is 0 Å². The molecule has 0 bridgehead atoms. The normalized spacial score (nSPS) is 21.9. The van der Waals surface area contributed by atoms with Gasteiger partial charge in [-0.05, 0) is 50.3 Å². The van der Waals surface area contributed by atoms with Crippen LogP contribution >= 0.6 is 0 Å². The Morgan fingerprint density at radius 1 is 1.21 bits per heavy atom. The standard InChI is InChI=1S/C20H28N2O2/c1-16-15-23-18-14-20(2,3)13-17(19(16)18)21-24-12-8-7-11-22-9-5-4-6-10-22/h15H,4-6,9-14H2,1-3H3/b21-17+. The number of likely N-dealkylation sites (tertiary alicyclic amines) is 1. The molecule has 1 fully saturated rings. The Balaban J connectivity index is 1.55. The first-order valence-corrected chi connectivity index (χ1v) is 8.99. The molecule has 1 aliphatic heterocycles. The monoisotopic (exact) mass is 328 g/mol. The van der Waals surface area contributed by atoms with Crippen molar-refractivity contribution in [2.45, 2.75) is 52.9 Å². The van der Waals surface area contributed by atoms with Gasteiger partial charge in [0, 0.05) is 12.0 Å². The highest BCUT2D eigenvalue weighted by molar-refractivity contribution is 6.03. The molecule has 1 saturated heterocycles. The third-order valence-corrected chi connectivity index (χ3v) is 4.81. The molecule has 1 aliphatic carbocycles. The van der Waals surface area contributed by atoms with Gasteiger partial charge in [0.2, 0.25) is 0 Å². The molecular formula is C20H28N2O2. The van der Waals surface area contributed by atoms with E-state index in [9.17, 15) is 0 Å². The Kier molecular flexibility index (Phi) is 5.30. The van der Waals surface area contributed by atoms with Crippen LogP contribution in [0.3, 0.4) is 0 Å². The Bertz CT molecular complexity index is 655. The van der Waals surface area contributed by atoms with Gasteiger partial charge < -0.3 is 9.25 Å². The second-order valence-electron chi connectivity index (χ2n) is 7.74. The van der Waals surface area contributed by atoms with E-state index in [0.29, 0.717) is 6.61 Å². The van der Waals surface area contributed by atoms with Crippen LogP contribution in [-0.2, 0) is 11.3 Å². The van der Waals surface area contributed by atoms with Crippen molar-refractivity contribution >= 4 is 5.71 Å². The SMILES string of the molecule is Cc1coc2c1/C(=N/OCC#CCN1CCCCC1)CC(C)(C)C2. The molecule has 0 N–H and O–H groups in total. The van der Waals surface area contributed by atoms with E-state index in [1.165, 1.54) is 32.4 Å². The Labute approximate surface area is 145 Å². The van der Waals surface area contributed by atoms with Gasteiger partial charge >= 0.3 is 0 Å². The Morgan fingerprint density at radius 3 is 2.79 bits per heavy atom. The lowest BCUT2D eigenvalue weighted by Crippen LogP contribution is -2.29. The first-order chi connectivity index (χ1) is 11.6. The van der Waals surface area contributed by atoms with Crippen LogP contribution in [0, 0.1) is 24.2 Å². The van der Waals surface area contributed by atoms with E-state index < -0.39 is 0 Å². The summed E-state index contributed by atoms with van der Waals surface area (Å²) in [6.45, 7) is 10.1. The maximum atomic E-state index is 5.69. The summed E-state index contributed by atoms with van der Waals surface area (Å²) < 4.78 is 5.69. The van der Waals surface area contributed by atoms with Crippen molar-refractivity contribution in [3.05, 3.63) is 23.2 Å². The predicted molar refractivity (Wildman–Crippen MR) is 96.1 cm³/mol. The number of hydrogen-bond donors (Lipinski definition) is 0. The summed E-state index contributed by atoms with van der Waals surface area (Å²) in [6.07, 6.45) is 7.63. The summed E-state index contributed by atoms with van der Waals surface area (Å²) in [4.78, 5) is 7.90. The number of aryl methyl sites for hydroxylation is 1. The van der Waals surface area contributed by atoms with Gasteiger partial charge in [0.15, 0.2) is 6.61 Å². The molecule has 4 nitrogen and oxygen atoms in total. The van der Waals surface area contributed by atoms with E-state index in [2.05, 4.69) is 42.7 Å². The van der Waals surface area contributed by atoms with Gasteiger partial charge in [-0.3, -0.25) is 4.90 Å².